The summed E-state index contributed by atoms with van der Waals surface area (Å²) in [7, 11) is 0. The van der Waals surface area contributed by atoms with Gasteiger partial charge in [0.2, 0.25) is 0 Å². The summed E-state index contributed by atoms with van der Waals surface area (Å²) in [5.74, 6) is 0.973. The first-order valence-electron chi connectivity index (χ1n) is 7.23. The molecule has 0 saturated carbocycles. The fourth-order valence-electron chi connectivity index (χ4n) is 3.09. The van der Waals surface area contributed by atoms with E-state index >= 15 is 0 Å². The highest BCUT2D eigenvalue weighted by Crippen LogP contribution is 2.29. The number of carbonyl (C=O) groups is 1. The molecule has 0 aromatic heterocycles. The highest BCUT2D eigenvalue weighted by atomic mass is 16.1. The average Bonchev–Trinajstić information content (AvgIpc) is 2.37. The standard InChI is InChI=1S/C18H20O/c1-12(2)9-13-5-3-6-14-11-17-15(10-16(13)14)7-4-8-18(17)19/h3,5-6,10-12H,4,7-9H2,1-2H3. The predicted molar refractivity (Wildman–Crippen MR) is 79.8 cm³/mol. The zero-order valence-corrected chi connectivity index (χ0v) is 11.7. The minimum Gasteiger partial charge on any atom is -0.294 e. The van der Waals surface area contributed by atoms with Crippen LogP contribution in [0.4, 0.5) is 0 Å². The van der Waals surface area contributed by atoms with Gasteiger partial charge in [0.05, 0.1) is 0 Å². The summed E-state index contributed by atoms with van der Waals surface area (Å²) in [5, 5.41) is 2.55. The quantitative estimate of drug-likeness (QED) is 0.766. The van der Waals surface area contributed by atoms with Crippen LogP contribution in [0.25, 0.3) is 10.8 Å². The number of aryl methyl sites for hydroxylation is 1. The maximum Gasteiger partial charge on any atom is 0.163 e. The first-order valence-corrected chi connectivity index (χ1v) is 7.23. The highest BCUT2D eigenvalue weighted by Gasteiger charge is 2.18. The molecule has 0 unspecified atom stereocenters. The summed E-state index contributed by atoms with van der Waals surface area (Å²) in [6.07, 6.45) is 3.87. The third kappa shape index (κ3) is 2.30. The van der Waals surface area contributed by atoms with Gasteiger partial charge in [-0.1, -0.05) is 38.1 Å². The van der Waals surface area contributed by atoms with Gasteiger partial charge in [-0.15, -0.1) is 0 Å². The summed E-state index contributed by atoms with van der Waals surface area (Å²) in [5.41, 5.74) is 3.62. The number of fused-ring (bicyclic) bond motifs is 2. The Bertz CT molecular complexity index is 637. The molecule has 2 aromatic carbocycles. The number of hydrogen-bond acceptors (Lipinski definition) is 1. The van der Waals surface area contributed by atoms with Crippen LogP contribution in [0.5, 0.6) is 0 Å². The van der Waals surface area contributed by atoms with Crippen molar-refractivity contribution in [3.05, 3.63) is 47.0 Å². The van der Waals surface area contributed by atoms with Crippen LogP contribution >= 0.6 is 0 Å². The lowest BCUT2D eigenvalue weighted by Crippen LogP contribution is -2.10. The molecule has 0 amide bonds. The molecule has 0 bridgehead atoms. The van der Waals surface area contributed by atoms with Gasteiger partial charge >= 0.3 is 0 Å². The maximum atomic E-state index is 12.0. The molecule has 1 aliphatic carbocycles. The molecule has 0 aliphatic heterocycles. The van der Waals surface area contributed by atoms with Crippen LogP contribution in [0.1, 0.15) is 48.2 Å². The Morgan fingerprint density at radius 3 is 2.79 bits per heavy atom. The number of hydrogen-bond donors (Lipinski definition) is 0. The van der Waals surface area contributed by atoms with Crippen LogP contribution in [0.2, 0.25) is 0 Å². The van der Waals surface area contributed by atoms with Crippen molar-refractivity contribution in [3.63, 3.8) is 0 Å². The smallest absolute Gasteiger partial charge is 0.163 e. The largest absolute Gasteiger partial charge is 0.294 e. The third-order valence-corrected chi connectivity index (χ3v) is 3.97. The molecule has 0 spiro atoms. The fraction of sp³-hybridized carbons (Fsp3) is 0.389. The van der Waals surface area contributed by atoms with E-state index in [0.29, 0.717) is 18.1 Å². The zero-order valence-electron chi connectivity index (χ0n) is 11.7. The average molecular weight is 252 g/mol. The summed E-state index contributed by atoms with van der Waals surface area (Å²) < 4.78 is 0. The third-order valence-electron chi connectivity index (χ3n) is 3.97. The van der Waals surface area contributed by atoms with Gasteiger partial charge in [0.1, 0.15) is 0 Å². The normalized spacial score (nSPS) is 15.0. The molecule has 1 nitrogen and oxygen atoms in total. The van der Waals surface area contributed by atoms with Crippen molar-refractivity contribution < 1.29 is 4.79 Å². The molecule has 0 radical (unpaired) electrons. The molecular formula is C18H20O. The SMILES string of the molecule is CC(C)Cc1cccc2cc3c(cc12)CCCC3=O. The fourth-order valence-corrected chi connectivity index (χ4v) is 3.09. The van der Waals surface area contributed by atoms with Crippen molar-refractivity contribution in [3.8, 4) is 0 Å². The summed E-state index contributed by atoms with van der Waals surface area (Å²) >= 11 is 0. The molecule has 0 saturated heterocycles. The number of benzene rings is 2. The molecular weight excluding hydrogens is 232 g/mol. The van der Waals surface area contributed by atoms with Gasteiger partial charge in [0.25, 0.3) is 0 Å². The second kappa shape index (κ2) is 4.80. The van der Waals surface area contributed by atoms with Crippen molar-refractivity contribution in [2.24, 2.45) is 5.92 Å². The second-order valence-corrected chi connectivity index (χ2v) is 6.02. The highest BCUT2D eigenvalue weighted by molar-refractivity contribution is 6.02. The first-order chi connectivity index (χ1) is 9.15. The summed E-state index contributed by atoms with van der Waals surface area (Å²) in [4.78, 5) is 12.0. The molecule has 2 aromatic rings. The predicted octanol–water partition coefficient (Wildman–Crippen LogP) is 4.56. The van der Waals surface area contributed by atoms with Crippen LogP contribution in [0.3, 0.4) is 0 Å². The number of Topliss-reactive ketones (excluding diaryl/α,β-unsaturated/α-hetero) is 1. The van der Waals surface area contributed by atoms with E-state index in [1.54, 1.807) is 0 Å². The molecule has 3 rings (SSSR count). The Balaban J connectivity index is 2.19. The summed E-state index contributed by atoms with van der Waals surface area (Å²) in [6.45, 7) is 4.50. The van der Waals surface area contributed by atoms with Crippen LogP contribution in [0, 0.1) is 5.92 Å². The molecule has 0 N–H and O–H groups in total. The first kappa shape index (κ1) is 12.4. The van der Waals surface area contributed by atoms with E-state index in [-0.39, 0.29) is 0 Å². The van der Waals surface area contributed by atoms with Gasteiger partial charge in [-0.05, 0) is 53.1 Å². The van der Waals surface area contributed by atoms with Gasteiger partial charge in [0.15, 0.2) is 5.78 Å². The van der Waals surface area contributed by atoms with E-state index < -0.39 is 0 Å². The van der Waals surface area contributed by atoms with Crippen molar-refractivity contribution in [2.45, 2.75) is 39.5 Å². The lowest BCUT2D eigenvalue weighted by atomic mass is 9.86. The van der Waals surface area contributed by atoms with Gasteiger partial charge in [-0.25, -0.2) is 0 Å². The Morgan fingerprint density at radius 2 is 2.00 bits per heavy atom. The molecule has 98 valence electrons. The van der Waals surface area contributed by atoms with Crippen LogP contribution in [-0.4, -0.2) is 5.78 Å². The van der Waals surface area contributed by atoms with Crippen LogP contribution in [-0.2, 0) is 12.8 Å². The van der Waals surface area contributed by atoms with Crippen molar-refractivity contribution >= 4 is 16.6 Å². The molecule has 1 heteroatoms. The van der Waals surface area contributed by atoms with E-state index in [1.807, 2.05) is 0 Å². The topological polar surface area (TPSA) is 17.1 Å². The number of rotatable bonds is 2. The van der Waals surface area contributed by atoms with E-state index in [0.717, 1.165) is 24.8 Å². The van der Waals surface area contributed by atoms with E-state index in [1.165, 1.54) is 21.9 Å². The van der Waals surface area contributed by atoms with Crippen molar-refractivity contribution in [1.82, 2.24) is 0 Å². The molecule has 0 heterocycles. The summed E-state index contributed by atoms with van der Waals surface area (Å²) in [6, 6.07) is 10.8. The molecule has 0 fully saturated rings. The monoisotopic (exact) mass is 252 g/mol. The number of ketones is 1. The van der Waals surface area contributed by atoms with Crippen LogP contribution in [0.15, 0.2) is 30.3 Å². The molecule has 1 aliphatic rings. The van der Waals surface area contributed by atoms with E-state index in [2.05, 4.69) is 44.2 Å². The van der Waals surface area contributed by atoms with Crippen LogP contribution < -0.4 is 0 Å². The van der Waals surface area contributed by atoms with E-state index in [4.69, 9.17) is 0 Å². The minimum absolute atomic E-state index is 0.317. The lowest BCUT2D eigenvalue weighted by molar-refractivity contribution is 0.0972. The van der Waals surface area contributed by atoms with Gasteiger partial charge in [-0.2, -0.15) is 0 Å². The van der Waals surface area contributed by atoms with E-state index in [9.17, 15) is 4.79 Å². The lowest BCUT2D eigenvalue weighted by Gasteiger charge is -2.17. The maximum absolute atomic E-state index is 12.0. The zero-order chi connectivity index (χ0) is 13.4. The van der Waals surface area contributed by atoms with Gasteiger partial charge in [-0.3, -0.25) is 4.79 Å². The second-order valence-electron chi connectivity index (χ2n) is 6.02. The van der Waals surface area contributed by atoms with Crippen molar-refractivity contribution in [1.29, 1.82) is 0 Å². The number of carbonyl (C=O) groups excluding carboxylic acids is 1. The minimum atomic E-state index is 0.317. The molecule has 19 heavy (non-hydrogen) atoms. The Kier molecular flexibility index (Phi) is 3.14. The Hall–Kier alpha value is -1.63. The van der Waals surface area contributed by atoms with Gasteiger partial charge < -0.3 is 0 Å². The Labute approximate surface area is 114 Å². The van der Waals surface area contributed by atoms with Crippen molar-refractivity contribution in [2.75, 3.05) is 0 Å². The Morgan fingerprint density at radius 1 is 1.16 bits per heavy atom. The molecule has 0 atom stereocenters. The van der Waals surface area contributed by atoms with Gasteiger partial charge in [0, 0.05) is 12.0 Å².